The first-order chi connectivity index (χ1) is 6.26. The van der Waals surface area contributed by atoms with Gasteiger partial charge in [-0.25, -0.2) is 4.98 Å². The summed E-state index contributed by atoms with van der Waals surface area (Å²) in [5.41, 5.74) is 5.81. The lowest BCUT2D eigenvalue weighted by Crippen LogP contribution is -2.16. The van der Waals surface area contributed by atoms with Crippen LogP contribution in [0.5, 0.6) is 0 Å². The average molecular weight is 183 g/mol. The molecule has 0 saturated heterocycles. The van der Waals surface area contributed by atoms with Crippen LogP contribution in [0.15, 0.2) is 10.9 Å². The van der Waals surface area contributed by atoms with Crippen LogP contribution in [-0.2, 0) is 17.8 Å². The van der Waals surface area contributed by atoms with Gasteiger partial charge in [-0.15, -0.1) is 0 Å². The van der Waals surface area contributed by atoms with E-state index in [1.807, 2.05) is 0 Å². The molecule has 0 amide bonds. The van der Waals surface area contributed by atoms with Crippen molar-refractivity contribution in [3.05, 3.63) is 27.9 Å². The van der Waals surface area contributed by atoms with Crippen LogP contribution < -0.4 is 11.3 Å². The largest absolute Gasteiger partial charge is 0.378 e. The maximum absolute atomic E-state index is 11.1. The standard InChI is InChI=1S/C8H13N3O2/c1-13-5-6-4-8(12)11-7(10-6)2-3-9/h4H,2-3,5,9H2,1H3,(H,10,11,12). The summed E-state index contributed by atoms with van der Waals surface area (Å²) in [7, 11) is 1.56. The van der Waals surface area contributed by atoms with Gasteiger partial charge < -0.3 is 15.5 Å². The average Bonchev–Trinajstić information content (AvgIpc) is 2.04. The topological polar surface area (TPSA) is 81.0 Å². The zero-order valence-corrected chi connectivity index (χ0v) is 7.54. The molecule has 0 aromatic carbocycles. The Morgan fingerprint density at radius 1 is 1.69 bits per heavy atom. The number of ether oxygens (including phenoxy) is 1. The van der Waals surface area contributed by atoms with Gasteiger partial charge in [0.25, 0.3) is 5.56 Å². The molecule has 0 unspecified atom stereocenters. The van der Waals surface area contributed by atoms with Gasteiger partial charge in [-0.2, -0.15) is 0 Å². The zero-order valence-electron chi connectivity index (χ0n) is 7.54. The van der Waals surface area contributed by atoms with Crippen molar-refractivity contribution < 1.29 is 4.74 Å². The summed E-state index contributed by atoms with van der Waals surface area (Å²) >= 11 is 0. The van der Waals surface area contributed by atoms with Crippen molar-refractivity contribution in [3.63, 3.8) is 0 Å². The number of hydrogen-bond donors (Lipinski definition) is 2. The first kappa shape index (κ1) is 9.88. The third-order valence-electron chi connectivity index (χ3n) is 1.52. The molecule has 13 heavy (non-hydrogen) atoms. The lowest BCUT2D eigenvalue weighted by molar-refractivity contribution is 0.181. The Hall–Kier alpha value is -1.20. The Labute approximate surface area is 75.9 Å². The zero-order chi connectivity index (χ0) is 9.68. The summed E-state index contributed by atoms with van der Waals surface area (Å²) in [6.45, 7) is 0.820. The van der Waals surface area contributed by atoms with E-state index >= 15 is 0 Å². The van der Waals surface area contributed by atoms with Crippen molar-refractivity contribution in [3.8, 4) is 0 Å². The molecule has 0 aliphatic carbocycles. The Morgan fingerprint density at radius 2 is 2.46 bits per heavy atom. The molecule has 72 valence electrons. The highest BCUT2D eigenvalue weighted by molar-refractivity contribution is 5.01. The molecular weight excluding hydrogens is 170 g/mol. The molecule has 1 rings (SSSR count). The fraction of sp³-hybridized carbons (Fsp3) is 0.500. The summed E-state index contributed by atoms with van der Waals surface area (Å²) in [5.74, 6) is 0.613. The van der Waals surface area contributed by atoms with Crippen LogP contribution in [0.1, 0.15) is 11.5 Å². The predicted molar refractivity (Wildman–Crippen MR) is 48.3 cm³/mol. The highest BCUT2D eigenvalue weighted by Gasteiger charge is 1.99. The number of nitrogens with zero attached hydrogens (tertiary/aromatic N) is 1. The van der Waals surface area contributed by atoms with Crippen molar-refractivity contribution in [2.75, 3.05) is 13.7 Å². The van der Waals surface area contributed by atoms with Gasteiger partial charge in [-0.3, -0.25) is 4.79 Å². The Balaban J connectivity index is 2.90. The van der Waals surface area contributed by atoms with Crippen LogP contribution in [0, 0.1) is 0 Å². The monoisotopic (exact) mass is 183 g/mol. The third kappa shape index (κ3) is 2.96. The van der Waals surface area contributed by atoms with Gasteiger partial charge in [0.2, 0.25) is 0 Å². The number of aromatic nitrogens is 2. The second-order valence-corrected chi connectivity index (χ2v) is 2.66. The second kappa shape index (κ2) is 4.74. The number of nitrogens with one attached hydrogen (secondary N) is 1. The number of nitrogens with two attached hydrogens (primary N) is 1. The smallest absolute Gasteiger partial charge is 0.251 e. The van der Waals surface area contributed by atoms with Gasteiger partial charge >= 0.3 is 0 Å². The Morgan fingerprint density at radius 3 is 3.08 bits per heavy atom. The number of methoxy groups -OCH3 is 1. The van der Waals surface area contributed by atoms with E-state index in [4.69, 9.17) is 10.5 Å². The van der Waals surface area contributed by atoms with Crippen molar-refractivity contribution in [1.82, 2.24) is 9.97 Å². The number of rotatable bonds is 4. The van der Waals surface area contributed by atoms with E-state index in [0.29, 0.717) is 31.1 Å². The SMILES string of the molecule is COCc1cc(=O)[nH]c(CCN)n1. The van der Waals surface area contributed by atoms with E-state index in [1.165, 1.54) is 6.07 Å². The molecule has 0 saturated carbocycles. The van der Waals surface area contributed by atoms with E-state index < -0.39 is 0 Å². The third-order valence-corrected chi connectivity index (χ3v) is 1.52. The first-order valence-corrected chi connectivity index (χ1v) is 4.04. The first-order valence-electron chi connectivity index (χ1n) is 4.04. The quantitative estimate of drug-likeness (QED) is 0.654. The number of H-pyrrole nitrogens is 1. The van der Waals surface area contributed by atoms with Crippen LogP contribution in [0.4, 0.5) is 0 Å². The molecule has 1 aromatic rings. The van der Waals surface area contributed by atoms with Crippen LogP contribution in [-0.4, -0.2) is 23.6 Å². The summed E-state index contributed by atoms with van der Waals surface area (Å²) in [4.78, 5) is 17.8. The second-order valence-electron chi connectivity index (χ2n) is 2.66. The molecule has 1 heterocycles. The number of hydrogen-bond acceptors (Lipinski definition) is 4. The predicted octanol–water partition coefficient (Wildman–Crippen LogP) is -0.582. The summed E-state index contributed by atoms with van der Waals surface area (Å²) < 4.78 is 4.87. The van der Waals surface area contributed by atoms with Gasteiger partial charge in [-0.05, 0) is 6.54 Å². The van der Waals surface area contributed by atoms with Crippen LogP contribution in [0.2, 0.25) is 0 Å². The fourth-order valence-electron chi connectivity index (χ4n) is 1.04. The van der Waals surface area contributed by atoms with E-state index in [2.05, 4.69) is 9.97 Å². The van der Waals surface area contributed by atoms with Gasteiger partial charge in [0.05, 0.1) is 12.3 Å². The maximum atomic E-state index is 11.1. The van der Waals surface area contributed by atoms with Crippen molar-refractivity contribution in [1.29, 1.82) is 0 Å². The minimum Gasteiger partial charge on any atom is -0.378 e. The van der Waals surface area contributed by atoms with Crippen molar-refractivity contribution in [2.45, 2.75) is 13.0 Å². The van der Waals surface area contributed by atoms with E-state index in [9.17, 15) is 4.79 Å². The van der Waals surface area contributed by atoms with Crippen LogP contribution >= 0.6 is 0 Å². The normalized spacial score (nSPS) is 10.3. The summed E-state index contributed by atoms with van der Waals surface area (Å²) in [5, 5.41) is 0. The lowest BCUT2D eigenvalue weighted by atomic mass is 10.3. The van der Waals surface area contributed by atoms with Gasteiger partial charge in [0, 0.05) is 19.6 Å². The molecule has 0 aliphatic rings. The van der Waals surface area contributed by atoms with E-state index in [1.54, 1.807) is 7.11 Å². The number of aromatic amines is 1. The molecule has 5 heteroatoms. The molecule has 0 atom stereocenters. The lowest BCUT2D eigenvalue weighted by Gasteiger charge is -2.01. The van der Waals surface area contributed by atoms with Gasteiger partial charge in [-0.1, -0.05) is 0 Å². The van der Waals surface area contributed by atoms with Gasteiger partial charge in [0.15, 0.2) is 0 Å². The molecule has 0 aliphatic heterocycles. The highest BCUT2D eigenvalue weighted by atomic mass is 16.5. The molecule has 0 spiro atoms. The van der Waals surface area contributed by atoms with Crippen LogP contribution in [0.3, 0.4) is 0 Å². The minimum atomic E-state index is -0.162. The maximum Gasteiger partial charge on any atom is 0.251 e. The van der Waals surface area contributed by atoms with E-state index in [0.717, 1.165) is 0 Å². The molecular formula is C8H13N3O2. The Bertz CT molecular complexity index is 294. The molecule has 3 N–H and O–H groups in total. The molecule has 0 bridgehead atoms. The summed E-state index contributed by atoms with van der Waals surface area (Å²) in [6, 6.07) is 1.42. The minimum absolute atomic E-state index is 0.162. The van der Waals surface area contributed by atoms with Crippen molar-refractivity contribution >= 4 is 0 Å². The van der Waals surface area contributed by atoms with Crippen LogP contribution in [0.25, 0.3) is 0 Å². The molecule has 0 fully saturated rings. The van der Waals surface area contributed by atoms with Gasteiger partial charge in [0.1, 0.15) is 5.82 Å². The summed E-state index contributed by atoms with van der Waals surface area (Å²) in [6.07, 6.45) is 0.576. The van der Waals surface area contributed by atoms with Crippen molar-refractivity contribution in [2.24, 2.45) is 5.73 Å². The fourth-order valence-corrected chi connectivity index (χ4v) is 1.04. The van der Waals surface area contributed by atoms with E-state index in [-0.39, 0.29) is 5.56 Å². The molecule has 5 nitrogen and oxygen atoms in total. The molecule has 0 radical (unpaired) electrons. The highest BCUT2D eigenvalue weighted by Crippen LogP contribution is 1.94. The Kier molecular flexibility index (Phi) is 3.60. The molecule has 1 aromatic heterocycles.